The van der Waals surface area contributed by atoms with E-state index in [0.29, 0.717) is 29.6 Å². The van der Waals surface area contributed by atoms with Gasteiger partial charge in [0.2, 0.25) is 5.95 Å². The summed E-state index contributed by atoms with van der Waals surface area (Å²) >= 11 is 6.25. The first-order chi connectivity index (χ1) is 13.4. The molecule has 7 heteroatoms. The molecule has 0 radical (unpaired) electrons. The number of hydrogen-bond acceptors (Lipinski definition) is 4. The van der Waals surface area contributed by atoms with Gasteiger partial charge in [0, 0.05) is 12.7 Å². The van der Waals surface area contributed by atoms with Gasteiger partial charge in [-0.1, -0.05) is 29.8 Å². The standard InChI is InChI=1S/C21H20ClFN4O/c1-13-11-14(2)19(17(22)12-13)27-20(28)18-8-10-25-21(26-18)24-9-7-15-3-5-16(23)6-4-15/h3-6,8,10-12H,7,9H2,1-2H3,(H,27,28)(H,24,25,26). The van der Waals surface area contributed by atoms with Crippen LogP contribution in [0.5, 0.6) is 0 Å². The monoisotopic (exact) mass is 398 g/mol. The van der Waals surface area contributed by atoms with Gasteiger partial charge >= 0.3 is 0 Å². The van der Waals surface area contributed by atoms with Gasteiger partial charge in [-0.2, -0.15) is 0 Å². The van der Waals surface area contributed by atoms with Crippen LogP contribution in [0.25, 0.3) is 0 Å². The normalized spacial score (nSPS) is 10.6. The lowest BCUT2D eigenvalue weighted by Crippen LogP contribution is -2.17. The quantitative estimate of drug-likeness (QED) is 0.626. The number of amides is 1. The Kier molecular flexibility index (Phi) is 6.21. The topological polar surface area (TPSA) is 66.9 Å². The van der Waals surface area contributed by atoms with Crippen LogP contribution in [0, 0.1) is 19.7 Å². The van der Waals surface area contributed by atoms with Crippen LogP contribution in [0.15, 0.2) is 48.7 Å². The van der Waals surface area contributed by atoms with Gasteiger partial charge in [0.25, 0.3) is 5.91 Å². The summed E-state index contributed by atoms with van der Waals surface area (Å²) in [7, 11) is 0. The lowest BCUT2D eigenvalue weighted by molar-refractivity contribution is 0.102. The third-order valence-corrected chi connectivity index (χ3v) is 4.47. The Morgan fingerprint density at radius 1 is 1.14 bits per heavy atom. The number of nitrogens with zero attached hydrogens (tertiary/aromatic N) is 2. The Hall–Kier alpha value is -2.99. The molecule has 0 aliphatic rings. The average molecular weight is 399 g/mol. The minimum absolute atomic E-state index is 0.232. The average Bonchev–Trinajstić information content (AvgIpc) is 2.66. The first-order valence-electron chi connectivity index (χ1n) is 8.82. The summed E-state index contributed by atoms with van der Waals surface area (Å²) in [5, 5.41) is 6.37. The number of rotatable bonds is 6. The zero-order valence-electron chi connectivity index (χ0n) is 15.6. The lowest BCUT2D eigenvalue weighted by Gasteiger charge is -2.12. The smallest absolute Gasteiger partial charge is 0.274 e. The van der Waals surface area contributed by atoms with Crippen molar-refractivity contribution in [1.29, 1.82) is 0 Å². The predicted octanol–water partition coefficient (Wildman–Crippen LogP) is 4.79. The Bertz CT molecular complexity index is 969. The van der Waals surface area contributed by atoms with Crippen molar-refractivity contribution in [3.63, 3.8) is 0 Å². The Balaban J connectivity index is 1.64. The van der Waals surface area contributed by atoms with E-state index in [1.54, 1.807) is 18.2 Å². The fraction of sp³-hybridized carbons (Fsp3) is 0.190. The van der Waals surface area contributed by atoms with Crippen LogP contribution in [0.1, 0.15) is 27.2 Å². The van der Waals surface area contributed by atoms with Gasteiger partial charge in [-0.25, -0.2) is 14.4 Å². The van der Waals surface area contributed by atoms with Crippen LogP contribution < -0.4 is 10.6 Å². The van der Waals surface area contributed by atoms with E-state index in [-0.39, 0.29) is 17.4 Å². The second-order valence-electron chi connectivity index (χ2n) is 6.46. The fourth-order valence-electron chi connectivity index (χ4n) is 2.79. The third kappa shape index (κ3) is 5.04. The highest BCUT2D eigenvalue weighted by Crippen LogP contribution is 2.27. The van der Waals surface area contributed by atoms with Crippen molar-refractivity contribution in [2.45, 2.75) is 20.3 Å². The molecule has 1 aromatic heterocycles. The Labute approximate surface area is 168 Å². The molecule has 2 N–H and O–H groups in total. The molecular weight excluding hydrogens is 379 g/mol. The summed E-state index contributed by atoms with van der Waals surface area (Å²) in [6.45, 7) is 4.38. The van der Waals surface area contributed by atoms with Crippen LogP contribution in [0.2, 0.25) is 5.02 Å². The number of aromatic nitrogens is 2. The zero-order valence-corrected chi connectivity index (χ0v) is 16.3. The maximum absolute atomic E-state index is 12.9. The molecule has 0 aliphatic carbocycles. The number of anilines is 2. The lowest BCUT2D eigenvalue weighted by atomic mass is 10.1. The van der Waals surface area contributed by atoms with Gasteiger partial charge in [0.05, 0.1) is 10.7 Å². The largest absolute Gasteiger partial charge is 0.354 e. The van der Waals surface area contributed by atoms with Crippen molar-refractivity contribution < 1.29 is 9.18 Å². The maximum atomic E-state index is 12.9. The van der Waals surface area contributed by atoms with E-state index in [9.17, 15) is 9.18 Å². The summed E-state index contributed by atoms with van der Waals surface area (Å²) in [5.74, 6) is -0.276. The minimum atomic E-state index is -0.363. The molecule has 0 aliphatic heterocycles. The number of carbonyl (C=O) groups excluding carboxylic acids is 1. The summed E-state index contributed by atoms with van der Waals surface area (Å²) in [4.78, 5) is 20.9. The number of hydrogen-bond donors (Lipinski definition) is 2. The van der Waals surface area contributed by atoms with Crippen molar-refractivity contribution in [2.75, 3.05) is 17.2 Å². The van der Waals surface area contributed by atoms with E-state index in [0.717, 1.165) is 16.7 Å². The second kappa shape index (κ2) is 8.80. The summed E-state index contributed by atoms with van der Waals surface area (Å²) < 4.78 is 12.9. The van der Waals surface area contributed by atoms with E-state index < -0.39 is 0 Å². The SMILES string of the molecule is Cc1cc(C)c(NC(=O)c2ccnc(NCCc3ccc(F)cc3)n2)c(Cl)c1. The first kappa shape index (κ1) is 19.8. The van der Waals surface area contributed by atoms with E-state index in [1.807, 2.05) is 19.9 Å². The van der Waals surface area contributed by atoms with Crippen molar-refractivity contribution in [3.05, 3.63) is 81.9 Å². The third-order valence-electron chi connectivity index (χ3n) is 4.17. The van der Waals surface area contributed by atoms with E-state index >= 15 is 0 Å². The Morgan fingerprint density at radius 2 is 1.89 bits per heavy atom. The molecule has 3 aromatic rings. The highest BCUT2D eigenvalue weighted by molar-refractivity contribution is 6.34. The van der Waals surface area contributed by atoms with Gasteiger partial charge in [0.15, 0.2) is 0 Å². The summed E-state index contributed by atoms with van der Waals surface area (Å²) in [6.07, 6.45) is 2.20. The molecule has 0 bridgehead atoms. The van der Waals surface area contributed by atoms with Crippen molar-refractivity contribution in [2.24, 2.45) is 0 Å². The van der Waals surface area contributed by atoms with Crippen molar-refractivity contribution in [3.8, 4) is 0 Å². The zero-order chi connectivity index (χ0) is 20.1. The molecule has 144 valence electrons. The predicted molar refractivity (Wildman–Crippen MR) is 110 cm³/mol. The molecule has 3 rings (SSSR count). The molecule has 28 heavy (non-hydrogen) atoms. The molecule has 0 spiro atoms. The highest BCUT2D eigenvalue weighted by atomic mass is 35.5. The molecule has 1 amide bonds. The van der Waals surface area contributed by atoms with E-state index in [4.69, 9.17) is 11.6 Å². The first-order valence-corrected chi connectivity index (χ1v) is 9.19. The van der Waals surface area contributed by atoms with E-state index in [1.165, 1.54) is 24.4 Å². The molecule has 0 saturated heterocycles. The number of halogens is 2. The van der Waals surface area contributed by atoms with Gasteiger partial charge in [-0.05, 0) is 61.2 Å². The van der Waals surface area contributed by atoms with Crippen LogP contribution >= 0.6 is 11.6 Å². The maximum Gasteiger partial charge on any atom is 0.274 e. The van der Waals surface area contributed by atoms with Crippen LogP contribution in [0.4, 0.5) is 16.0 Å². The summed E-state index contributed by atoms with van der Waals surface area (Å²) in [5.41, 5.74) is 3.70. The van der Waals surface area contributed by atoms with Crippen LogP contribution in [-0.2, 0) is 6.42 Å². The summed E-state index contributed by atoms with van der Waals surface area (Å²) in [6, 6.07) is 11.6. The molecule has 1 heterocycles. The van der Waals surface area contributed by atoms with Gasteiger partial charge in [-0.3, -0.25) is 4.79 Å². The van der Waals surface area contributed by atoms with Gasteiger partial charge in [-0.15, -0.1) is 0 Å². The number of benzene rings is 2. The van der Waals surface area contributed by atoms with E-state index in [2.05, 4.69) is 20.6 Å². The molecule has 5 nitrogen and oxygen atoms in total. The molecule has 0 unspecified atom stereocenters. The number of aryl methyl sites for hydroxylation is 2. The molecular formula is C21H20ClFN4O. The fourth-order valence-corrected chi connectivity index (χ4v) is 3.16. The molecule has 0 saturated carbocycles. The molecule has 0 atom stereocenters. The van der Waals surface area contributed by atoms with Gasteiger partial charge in [0.1, 0.15) is 11.5 Å². The van der Waals surface area contributed by atoms with Gasteiger partial charge < -0.3 is 10.6 Å². The number of carbonyl (C=O) groups is 1. The highest BCUT2D eigenvalue weighted by Gasteiger charge is 2.13. The van der Waals surface area contributed by atoms with Crippen LogP contribution in [-0.4, -0.2) is 22.4 Å². The van der Waals surface area contributed by atoms with Crippen LogP contribution in [0.3, 0.4) is 0 Å². The number of nitrogens with one attached hydrogen (secondary N) is 2. The Morgan fingerprint density at radius 3 is 2.61 bits per heavy atom. The van der Waals surface area contributed by atoms with Crippen molar-refractivity contribution >= 4 is 29.1 Å². The molecule has 0 fully saturated rings. The molecule has 2 aromatic carbocycles. The van der Waals surface area contributed by atoms with Crippen molar-refractivity contribution in [1.82, 2.24) is 9.97 Å². The second-order valence-corrected chi connectivity index (χ2v) is 6.87. The minimum Gasteiger partial charge on any atom is -0.354 e.